The lowest BCUT2D eigenvalue weighted by atomic mass is 9.94. The third-order valence-corrected chi connectivity index (χ3v) is 2.78. The molecule has 5 nitrogen and oxygen atoms in total. The van der Waals surface area contributed by atoms with Crippen molar-refractivity contribution in [1.82, 2.24) is 9.78 Å². The highest BCUT2D eigenvalue weighted by Gasteiger charge is 2.23. The second-order valence-electron chi connectivity index (χ2n) is 3.69. The monoisotopic (exact) mass is 266 g/mol. The predicted octanol–water partition coefficient (Wildman–Crippen LogP) is 0.347. The first kappa shape index (κ1) is 15.2. The molecule has 1 aliphatic rings. The lowest BCUT2D eigenvalue weighted by Gasteiger charge is -2.22. The Morgan fingerprint density at radius 3 is 2.81 bits per heavy atom. The zero-order chi connectivity index (χ0) is 10.1. The summed E-state index contributed by atoms with van der Waals surface area (Å²) in [6, 6.07) is 0. The van der Waals surface area contributed by atoms with E-state index in [9.17, 15) is 4.79 Å². The second kappa shape index (κ2) is 6.08. The van der Waals surface area contributed by atoms with Gasteiger partial charge in [-0.2, -0.15) is 5.10 Å². The van der Waals surface area contributed by atoms with Crippen molar-refractivity contribution in [2.45, 2.75) is 19.4 Å². The van der Waals surface area contributed by atoms with Gasteiger partial charge in [-0.1, -0.05) is 0 Å². The Morgan fingerprint density at radius 1 is 1.56 bits per heavy atom. The van der Waals surface area contributed by atoms with E-state index in [0.717, 1.165) is 25.1 Å². The normalized spacial score (nSPS) is 17.9. The minimum Gasteiger partial charge on any atom is -0.365 e. The molecule has 0 saturated heterocycles. The van der Waals surface area contributed by atoms with Crippen LogP contribution in [0.15, 0.2) is 6.20 Å². The summed E-state index contributed by atoms with van der Waals surface area (Å²) in [6.07, 6.45) is 3.40. The summed E-state index contributed by atoms with van der Waals surface area (Å²) >= 11 is 0. The number of rotatable bonds is 2. The molecule has 92 valence electrons. The highest BCUT2D eigenvalue weighted by atomic mass is 35.5. The van der Waals surface area contributed by atoms with Gasteiger partial charge in [0.15, 0.2) is 0 Å². The Kier molecular flexibility index (Phi) is 5.78. The smallest absolute Gasteiger partial charge is 0.252 e. The van der Waals surface area contributed by atoms with Gasteiger partial charge in [0.2, 0.25) is 0 Å². The van der Waals surface area contributed by atoms with E-state index in [4.69, 9.17) is 11.5 Å². The maximum absolute atomic E-state index is 11.1. The Labute approximate surface area is 106 Å². The first-order valence-electron chi connectivity index (χ1n) is 4.77. The van der Waals surface area contributed by atoms with Gasteiger partial charge in [-0.25, -0.2) is 0 Å². The van der Waals surface area contributed by atoms with Gasteiger partial charge in [0.25, 0.3) is 5.91 Å². The number of primary amides is 1. The minimum absolute atomic E-state index is 0. The molecule has 1 unspecified atom stereocenters. The predicted molar refractivity (Wildman–Crippen MR) is 66.1 cm³/mol. The summed E-state index contributed by atoms with van der Waals surface area (Å²) < 4.78 is 1.85. The standard InChI is InChI=1S/C9H14N4O.2ClH/c10-4-6-1-2-13-8(3-6)7(5-12-13)9(11)14;;/h5-6H,1-4,10H2,(H2,11,14);2*1H. The summed E-state index contributed by atoms with van der Waals surface area (Å²) in [5, 5.41) is 4.12. The number of hydrogen-bond acceptors (Lipinski definition) is 3. The number of hydrogen-bond donors (Lipinski definition) is 2. The first-order valence-corrected chi connectivity index (χ1v) is 4.77. The molecule has 0 saturated carbocycles. The molecule has 2 heterocycles. The van der Waals surface area contributed by atoms with Crippen molar-refractivity contribution >= 4 is 30.7 Å². The summed E-state index contributed by atoms with van der Waals surface area (Å²) in [5.74, 6) is 0.0567. The summed E-state index contributed by atoms with van der Waals surface area (Å²) in [4.78, 5) is 11.1. The van der Waals surface area contributed by atoms with Crippen molar-refractivity contribution in [2.75, 3.05) is 6.54 Å². The van der Waals surface area contributed by atoms with Gasteiger partial charge >= 0.3 is 0 Å². The molecule has 0 spiro atoms. The molecule has 1 aromatic heterocycles. The van der Waals surface area contributed by atoms with Crippen molar-refractivity contribution in [3.05, 3.63) is 17.5 Å². The number of halogens is 2. The molecule has 2 rings (SSSR count). The van der Waals surface area contributed by atoms with E-state index in [1.165, 1.54) is 0 Å². The Bertz CT molecular complexity index is 366. The molecule has 0 aliphatic carbocycles. The quantitative estimate of drug-likeness (QED) is 0.810. The molecule has 1 amide bonds. The van der Waals surface area contributed by atoms with Crippen LogP contribution in [0.2, 0.25) is 0 Å². The molecular weight excluding hydrogens is 251 g/mol. The van der Waals surface area contributed by atoms with Gasteiger partial charge in [0.1, 0.15) is 0 Å². The first-order chi connectivity index (χ1) is 6.72. The van der Waals surface area contributed by atoms with E-state index < -0.39 is 5.91 Å². The number of aryl methyl sites for hydroxylation is 1. The van der Waals surface area contributed by atoms with Crippen molar-refractivity contribution in [3.63, 3.8) is 0 Å². The summed E-state index contributed by atoms with van der Waals surface area (Å²) in [6.45, 7) is 1.49. The van der Waals surface area contributed by atoms with Crippen molar-refractivity contribution in [1.29, 1.82) is 0 Å². The largest absolute Gasteiger partial charge is 0.365 e. The fourth-order valence-electron chi connectivity index (χ4n) is 1.91. The van der Waals surface area contributed by atoms with Crippen LogP contribution in [0.4, 0.5) is 0 Å². The van der Waals surface area contributed by atoms with Gasteiger partial charge < -0.3 is 11.5 Å². The topological polar surface area (TPSA) is 86.9 Å². The lowest BCUT2D eigenvalue weighted by molar-refractivity contribution is 0.0998. The zero-order valence-corrected chi connectivity index (χ0v) is 10.4. The third-order valence-electron chi connectivity index (χ3n) is 2.78. The molecule has 7 heteroatoms. The highest BCUT2D eigenvalue weighted by Crippen LogP contribution is 2.21. The van der Waals surface area contributed by atoms with Crippen molar-refractivity contribution in [3.8, 4) is 0 Å². The number of fused-ring (bicyclic) bond motifs is 1. The fourth-order valence-corrected chi connectivity index (χ4v) is 1.91. The van der Waals surface area contributed by atoms with Crippen LogP contribution in [0.5, 0.6) is 0 Å². The zero-order valence-electron chi connectivity index (χ0n) is 8.76. The van der Waals surface area contributed by atoms with Crippen molar-refractivity contribution < 1.29 is 4.79 Å². The van der Waals surface area contributed by atoms with Crippen molar-refractivity contribution in [2.24, 2.45) is 17.4 Å². The minimum atomic E-state index is -0.399. The van der Waals surface area contributed by atoms with E-state index in [1.54, 1.807) is 6.20 Å². The molecule has 1 atom stereocenters. The maximum atomic E-state index is 11.1. The second-order valence-corrected chi connectivity index (χ2v) is 3.69. The molecule has 1 aromatic rings. The number of nitrogens with zero attached hydrogens (tertiary/aromatic N) is 2. The van der Waals surface area contributed by atoms with E-state index in [2.05, 4.69) is 5.10 Å². The maximum Gasteiger partial charge on any atom is 0.252 e. The molecule has 0 fully saturated rings. The van der Waals surface area contributed by atoms with E-state index in [1.807, 2.05) is 4.68 Å². The molecule has 4 N–H and O–H groups in total. The Morgan fingerprint density at radius 2 is 2.25 bits per heavy atom. The van der Waals surface area contributed by atoms with Gasteiger partial charge in [0, 0.05) is 6.54 Å². The fraction of sp³-hybridized carbons (Fsp3) is 0.556. The Hall–Kier alpha value is -0.780. The van der Waals surface area contributed by atoms with Crippen LogP contribution in [0, 0.1) is 5.92 Å². The molecular formula is C9H16Cl2N4O. The SMILES string of the molecule is Cl.Cl.NCC1CCn2ncc(C(N)=O)c2C1. The summed E-state index contributed by atoms with van der Waals surface area (Å²) in [5.41, 5.74) is 12.3. The number of amides is 1. The highest BCUT2D eigenvalue weighted by molar-refractivity contribution is 5.93. The molecule has 0 aromatic carbocycles. The van der Waals surface area contributed by atoms with Gasteiger partial charge in [-0.05, 0) is 25.3 Å². The molecule has 0 bridgehead atoms. The number of carbonyl (C=O) groups is 1. The van der Waals surface area contributed by atoms with E-state index >= 15 is 0 Å². The molecule has 0 radical (unpaired) electrons. The lowest BCUT2D eigenvalue weighted by Crippen LogP contribution is -2.27. The van der Waals surface area contributed by atoms with E-state index in [-0.39, 0.29) is 24.8 Å². The molecule has 1 aliphatic heterocycles. The van der Waals surface area contributed by atoms with Crippen LogP contribution in [0.1, 0.15) is 22.5 Å². The van der Waals surface area contributed by atoms with Crippen LogP contribution < -0.4 is 11.5 Å². The number of carbonyl (C=O) groups excluding carboxylic acids is 1. The van der Waals surface area contributed by atoms with Gasteiger partial charge in [-0.3, -0.25) is 9.48 Å². The van der Waals surface area contributed by atoms with Crippen LogP contribution in [-0.2, 0) is 13.0 Å². The third kappa shape index (κ3) is 2.66. The van der Waals surface area contributed by atoms with Gasteiger partial charge in [0.05, 0.1) is 17.5 Å². The van der Waals surface area contributed by atoms with Gasteiger partial charge in [-0.15, -0.1) is 24.8 Å². The van der Waals surface area contributed by atoms with Crippen LogP contribution >= 0.6 is 24.8 Å². The summed E-state index contributed by atoms with van der Waals surface area (Å²) in [7, 11) is 0. The number of nitrogens with two attached hydrogens (primary N) is 2. The van der Waals surface area contributed by atoms with Crippen LogP contribution in [0.3, 0.4) is 0 Å². The van der Waals surface area contributed by atoms with Crippen LogP contribution in [-0.4, -0.2) is 22.2 Å². The Balaban J connectivity index is 0.00000112. The number of aromatic nitrogens is 2. The average Bonchev–Trinajstić information content (AvgIpc) is 2.59. The average molecular weight is 267 g/mol. The molecule has 16 heavy (non-hydrogen) atoms. The van der Waals surface area contributed by atoms with E-state index in [0.29, 0.717) is 18.0 Å². The van der Waals surface area contributed by atoms with Crippen LogP contribution in [0.25, 0.3) is 0 Å².